The second-order valence-corrected chi connectivity index (χ2v) is 4.24. The molecule has 0 aliphatic heterocycles. The van der Waals surface area contributed by atoms with Crippen molar-refractivity contribution in [2.45, 2.75) is 64.7 Å². The Balaban J connectivity index is 3.16. The summed E-state index contributed by atoms with van der Waals surface area (Å²) in [5.74, 6) is -1.36. The maximum atomic E-state index is 11.0. The highest BCUT2D eigenvalue weighted by Crippen LogP contribution is 2.07. The van der Waals surface area contributed by atoms with Gasteiger partial charge in [-0.05, 0) is 6.42 Å². The van der Waals surface area contributed by atoms with Gasteiger partial charge in [0.15, 0.2) is 0 Å². The van der Waals surface area contributed by atoms with Crippen LogP contribution in [0, 0.1) is 0 Å². The lowest BCUT2D eigenvalue weighted by Gasteiger charge is -2.03. The molecule has 100 valence electrons. The van der Waals surface area contributed by atoms with E-state index in [2.05, 4.69) is 6.92 Å². The summed E-state index contributed by atoms with van der Waals surface area (Å²) in [6, 6.07) is 0. The molecule has 0 aromatic rings. The molecule has 0 radical (unpaired) electrons. The first-order chi connectivity index (χ1) is 8.16. The average molecular weight is 244 g/mol. The lowest BCUT2D eigenvalue weighted by Crippen LogP contribution is -2.08. The van der Waals surface area contributed by atoms with E-state index in [9.17, 15) is 9.59 Å². The molecule has 0 heterocycles. The van der Waals surface area contributed by atoms with Crippen LogP contribution >= 0.6 is 0 Å². The van der Waals surface area contributed by atoms with Crippen molar-refractivity contribution in [1.82, 2.24) is 0 Å². The third-order valence-electron chi connectivity index (χ3n) is 2.55. The van der Waals surface area contributed by atoms with Crippen molar-refractivity contribution in [3.05, 3.63) is 0 Å². The van der Waals surface area contributed by atoms with Gasteiger partial charge in [0.1, 0.15) is 0 Å². The molecular formula is C13H24O4. The van der Waals surface area contributed by atoms with Crippen LogP contribution in [0.2, 0.25) is 0 Å². The van der Waals surface area contributed by atoms with Gasteiger partial charge in [0.05, 0.1) is 19.4 Å². The van der Waals surface area contributed by atoms with E-state index in [1.807, 2.05) is 0 Å². The van der Waals surface area contributed by atoms with Crippen LogP contribution in [0.15, 0.2) is 0 Å². The van der Waals surface area contributed by atoms with Gasteiger partial charge in [-0.25, -0.2) is 0 Å². The summed E-state index contributed by atoms with van der Waals surface area (Å²) in [4.78, 5) is 21.2. The largest absolute Gasteiger partial charge is 0.481 e. The van der Waals surface area contributed by atoms with Crippen LogP contribution in [0.4, 0.5) is 0 Å². The smallest absolute Gasteiger partial charge is 0.306 e. The van der Waals surface area contributed by atoms with Gasteiger partial charge in [0.25, 0.3) is 0 Å². The highest BCUT2D eigenvalue weighted by Gasteiger charge is 2.05. The van der Waals surface area contributed by atoms with E-state index in [4.69, 9.17) is 9.84 Å². The summed E-state index contributed by atoms with van der Waals surface area (Å²) in [6.45, 7) is 2.61. The second kappa shape index (κ2) is 11.4. The molecule has 0 aliphatic rings. The SMILES string of the molecule is CCCCCCCCCOC(=O)CCC(=O)O. The minimum atomic E-state index is -0.960. The number of rotatable bonds is 11. The number of hydrogen-bond acceptors (Lipinski definition) is 3. The Bertz CT molecular complexity index is 213. The Morgan fingerprint density at radius 1 is 0.941 bits per heavy atom. The van der Waals surface area contributed by atoms with E-state index in [-0.39, 0.29) is 12.8 Å². The summed E-state index contributed by atoms with van der Waals surface area (Å²) in [7, 11) is 0. The first kappa shape index (κ1) is 15.9. The number of carbonyl (C=O) groups excluding carboxylic acids is 1. The third kappa shape index (κ3) is 12.9. The maximum absolute atomic E-state index is 11.0. The molecule has 0 aromatic heterocycles. The second-order valence-electron chi connectivity index (χ2n) is 4.24. The van der Waals surface area contributed by atoms with Crippen molar-refractivity contribution < 1.29 is 19.4 Å². The van der Waals surface area contributed by atoms with E-state index in [1.54, 1.807) is 0 Å². The molecule has 0 bridgehead atoms. The normalized spacial score (nSPS) is 10.2. The maximum Gasteiger partial charge on any atom is 0.306 e. The van der Waals surface area contributed by atoms with Crippen LogP contribution in [0.1, 0.15) is 64.7 Å². The van der Waals surface area contributed by atoms with Crippen molar-refractivity contribution >= 4 is 11.9 Å². The first-order valence-electron chi connectivity index (χ1n) is 6.54. The molecule has 0 saturated carbocycles. The zero-order chi connectivity index (χ0) is 12.9. The number of carboxylic acids is 1. The van der Waals surface area contributed by atoms with Crippen LogP contribution in [0.5, 0.6) is 0 Å². The number of aliphatic carboxylic acids is 1. The molecule has 0 fully saturated rings. The van der Waals surface area contributed by atoms with Gasteiger partial charge in [-0.1, -0.05) is 45.4 Å². The average Bonchev–Trinajstić information content (AvgIpc) is 2.30. The molecule has 0 aromatic carbocycles. The fourth-order valence-electron chi connectivity index (χ4n) is 1.53. The number of carboxylic acid groups (broad SMARTS) is 1. The predicted octanol–water partition coefficient (Wildman–Crippen LogP) is 3.15. The van der Waals surface area contributed by atoms with Crippen molar-refractivity contribution in [2.75, 3.05) is 6.61 Å². The zero-order valence-corrected chi connectivity index (χ0v) is 10.7. The minimum Gasteiger partial charge on any atom is -0.481 e. The van der Waals surface area contributed by atoms with Gasteiger partial charge >= 0.3 is 11.9 Å². The molecule has 17 heavy (non-hydrogen) atoms. The van der Waals surface area contributed by atoms with Gasteiger partial charge in [0.2, 0.25) is 0 Å². The summed E-state index contributed by atoms with van der Waals surface area (Å²) in [6.07, 6.45) is 8.07. The topological polar surface area (TPSA) is 63.6 Å². The summed E-state index contributed by atoms with van der Waals surface area (Å²) < 4.78 is 4.92. The van der Waals surface area contributed by atoms with Crippen molar-refractivity contribution in [3.8, 4) is 0 Å². The molecule has 0 unspecified atom stereocenters. The van der Waals surface area contributed by atoms with Crippen LogP contribution in [-0.2, 0) is 14.3 Å². The van der Waals surface area contributed by atoms with Crippen LogP contribution < -0.4 is 0 Å². The van der Waals surface area contributed by atoms with E-state index in [0.717, 1.165) is 12.8 Å². The lowest BCUT2D eigenvalue weighted by molar-refractivity contribution is -0.147. The lowest BCUT2D eigenvalue weighted by atomic mass is 10.1. The number of unbranched alkanes of at least 4 members (excludes halogenated alkanes) is 6. The molecule has 0 amide bonds. The van der Waals surface area contributed by atoms with Crippen molar-refractivity contribution in [2.24, 2.45) is 0 Å². The molecule has 4 nitrogen and oxygen atoms in total. The van der Waals surface area contributed by atoms with Crippen molar-refractivity contribution in [3.63, 3.8) is 0 Å². The number of hydrogen-bond donors (Lipinski definition) is 1. The van der Waals surface area contributed by atoms with Crippen LogP contribution in [0.25, 0.3) is 0 Å². The first-order valence-corrected chi connectivity index (χ1v) is 6.54. The molecule has 0 atom stereocenters. The number of esters is 1. The van der Waals surface area contributed by atoms with Gasteiger partial charge in [-0.2, -0.15) is 0 Å². The fourth-order valence-corrected chi connectivity index (χ4v) is 1.53. The van der Waals surface area contributed by atoms with Gasteiger partial charge in [-0.15, -0.1) is 0 Å². The van der Waals surface area contributed by atoms with Gasteiger partial charge < -0.3 is 9.84 Å². The monoisotopic (exact) mass is 244 g/mol. The summed E-state index contributed by atoms with van der Waals surface area (Å²) >= 11 is 0. The molecule has 0 spiro atoms. The Hall–Kier alpha value is -1.06. The van der Waals surface area contributed by atoms with E-state index >= 15 is 0 Å². The molecule has 4 heteroatoms. The quantitative estimate of drug-likeness (QED) is 0.448. The molecule has 1 N–H and O–H groups in total. The number of carbonyl (C=O) groups is 2. The summed E-state index contributed by atoms with van der Waals surface area (Å²) in [5, 5.41) is 8.37. The van der Waals surface area contributed by atoms with Crippen LogP contribution in [0.3, 0.4) is 0 Å². The molecule has 0 saturated heterocycles. The Morgan fingerprint density at radius 2 is 1.53 bits per heavy atom. The number of ether oxygens (including phenoxy) is 1. The Labute approximate surface area is 103 Å². The van der Waals surface area contributed by atoms with E-state index < -0.39 is 11.9 Å². The highest BCUT2D eigenvalue weighted by molar-refractivity contribution is 5.76. The Morgan fingerprint density at radius 3 is 2.12 bits per heavy atom. The van der Waals surface area contributed by atoms with Gasteiger partial charge in [-0.3, -0.25) is 9.59 Å². The zero-order valence-electron chi connectivity index (χ0n) is 10.7. The van der Waals surface area contributed by atoms with Crippen LogP contribution in [-0.4, -0.2) is 23.7 Å². The molecule has 0 aliphatic carbocycles. The molecule has 0 rings (SSSR count). The molecular weight excluding hydrogens is 220 g/mol. The fraction of sp³-hybridized carbons (Fsp3) is 0.846. The van der Waals surface area contributed by atoms with Gasteiger partial charge in [0, 0.05) is 0 Å². The standard InChI is InChI=1S/C13H24O4/c1-2-3-4-5-6-7-8-11-17-13(16)10-9-12(14)15/h2-11H2,1H3,(H,14,15). The predicted molar refractivity (Wildman–Crippen MR) is 65.8 cm³/mol. The van der Waals surface area contributed by atoms with Crippen molar-refractivity contribution in [1.29, 1.82) is 0 Å². The minimum absolute atomic E-state index is 0.0220. The Kier molecular flexibility index (Phi) is 10.7. The third-order valence-corrected chi connectivity index (χ3v) is 2.55. The summed E-state index contributed by atoms with van der Waals surface area (Å²) in [5.41, 5.74) is 0. The van der Waals surface area contributed by atoms with E-state index in [0.29, 0.717) is 6.61 Å². The van der Waals surface area contributed by atoms with E-state index in [1.165, 1.54) is 32.1 Å². The highest BCUT2D eigenvalue weighted by atomic mass is 16.5.